The molecule has 0 radical (unpaired) electrons. The Hall–Kier alpha value is -0.190. The van der Waals surface area contributed by atoms with Crippen molar-refractivity contribution in [2.24, 2.45) is 5.92 Å². The molecule has 0 bridgehead atoms. The van der Waals surface area contributed by atoms with E-state index >= 15 is 0 Å². The van der Waals surface area contributed by atoms with Gasteiger partial charge in [0.05, 0.1) is 5.38 Å². The number of ether oxygens (including phenoxy) is 1. The zero-order chi connectivity index (χ0) is 10.6. The maximum Gasteiger partial charge on any atom is 0.135 e. The Morgan fingerprint density at radius 1 is 1.43 bits per heavy atom. The van der Waals surface area contributed by atoms with Crippen molar-refractivity contribution in [2.75, 3.05) is 13.7 Å². The third kappa shape index (κ3) is 3.52. The van der Waals surface area contributed by atoms with Crippen molar-refractivity contribution in [2.45, 2.75) is 25.6 Å². The van der Waals surface area contributed by atoms with E-state index in [4.69, 9.17) is 16.3 Å². The normalized spacial score (nSPS) is 15.4. The lowest BCUT2D eigenvalue weighted by Crippen LogP contribution is -2.06. The van der Waals surface area contributed by atoms with Crippen LogP contribution in [0.3, 0.4) is 0 Å². The van der Waals surface area contributed by atoms with Crippen LogP contribution in [0.25, 0.3) is 0 Å². The number of nitrogens with zero attached hydrogens (tertiary/aromatic N) is 2. The Morgan fingerprint density at radius 2 is 2.14 bits per heavy atom. The van der Waals surface area contributed by atoms with Crippen molar-refractivity contribution in [3.05, 3.63) is 10.0 Å². The largest absolute Gasteiger partial charge is 0.384 e. The van der Waals surface area contributed by atoms with E-state index in [9.17, 15) is 0 Å². The molecule has 1 aromatic rings. The van der Waals surface area contributed by atoms with Crippen LogP contribution < -0.4 is 0 Å². The summed E-state index contributed by atoms with van der Waals surface area (Å²) in [6, 6.07) is 0. The summed E-state index contributed by atoms with van der Waals surface area (Å²) < 4.78 is 5.06. The van der Waals surface area contributed by atoms with Gasteiger partial charge in [0.25, 0.3) is 0 Å². The second kappa shape index (κ2) is 5.63. The highest BCUT2D eigenvalue weighted by molar-refractivity contribution is 7.11. The zero-order valence-corrected chi connectivity index (χ0v) is 10.2. The highest BCUT2D eigenvalue weighted by atomic mass is 35.5. The highest BCUT2D eigenvalue weighted by Crippen LogP contribution is 2.24. The van der Waals surface area contributed by atoms with Gasteiger partial charge in [-0.3, -0.25) is 0 Å². The molecule has 1 heterocycles. The molecule has 1 rings (SSSR count). The molecule has 80 valence electrons. The Kier molecular flexibility index (Phi) is 4.78. The summed E-state index contributed by atoms with van der Waals surface area (Å²) in [5, 5.41) is 10.0. The van der Waals surface area contributed by atoms with Gasteiger partial charge >= 0.3 is 0 Å². The maximum absolute atomic E-state index is 5.90. The third-order valence-electron chi connectivity index (χ3n) is 1.80. The van der Waals surface area contributed by atoms with Crippen LogP contribution in [0.5, 0.6) is 0 Å². The lowest BCUT2D eigenvalue weighted by Gasteiger charge is -2.06. The van der Waals surface area contributed by atoms with Gasteiger partial charge in [-0.05, 0) is 12.8 Å². The molecule has 0 N–H and O–H groups in total. The first-order valence-electron chi connectivity index (χ1n) is 4.58. The summed E-state index contributed by atoms with van der Waals surface area (Å²) in [4.78, 5) is 0. The smallest absolute Gasteiger partial charge is 0.135 e. The van der Waals surface area contributed by atoms with Crippen molar-refractivity contribution in [1.29, 1.82) is 0 Å². The predicted molar refractivity (Wildman–Crippen MR) is 58.9 cm³/mol. The average molecular weight is 235 g/mol. The molecule has 2 unspecified atom stereocenters. The molecule has 0 aliphatic heterocycles. The fourth-order valence-corrected chi connectivity index (χ4v) is 2.26. The van der Waals surface area contributed by atoms with Gasteiger partial charge in [0.1, 0.15) is 10.0 Å². The maximum atomic E-state index is 5.90. The van der Waals surface area contributed by atoms with Crippen LogP contribution in [-0.4, -0.2) is 23.9 Å². The van der Waals surface area contributed by atoms with Crippen molar-refractivity contribution < 1.29 is 4.74 Å². The molecule has 14 heavy (non-hydrogen) atoms. The molecule has 2 atom stereocenters. The van der Waals surface area contributed by atoms with E-state index in [0.29, 0.717) is 5.92 Å². The molecule has 0 fully saturated rings. The second-order valence-electron chi connectivity index (χ2n) is 3.41. The van der Waals surface area contributed by atoms with Crippen molar-refractivity contribution >= 4 is 22.9 Å². The number of hydrogen-bond acceptors (Lipinski definition) is 4. The topological polar surface area (TPSA) is 35.0 Å². The van der Waals surface area contributed by atoms with Gasteiger partial charge < -0.3 is 4.74 Å². The molecule has 0 aliphatic carbocycles. The SMILES string of the molecule is COCC(C)Cc1nnc(C(C)Cl)s1. The van der Waals surface area contributed by atoms with E-state index in [2.05, 4.69) is 17.1 Å². The van der Waals surface area contributed by atoms with E-state index in [1.54, 1.807) is 18.4 Å². The van der Waals surface area contributed by atoms with Gasteiger partial charge in [0, 0.05) is 20.1 Å². The Morgan fingerprint density at radius 3 is 2.64 bits per heavy atom. The number of hydrogen-bond donors (Lipinski definition) is 0. The molecule has 3 nitrogen and oxygen atoms in total. The minimum absolute atomic E-state index is 0.0426. The molecule has 0 aromatic carbocycles. The Balaban J connectivity index is 2.51. The summed E-state index contributed by atoms with van der Waals surface area (Å²) in [5.74, 6) is 0.478. The van der Waals surface area contributed by atoms with E-state index in [1.165, 1.54) is 0 Å². The van der Waals surface area contributed by atoms with Crippen LogP contribution in [0.15, 0.2) is 0 Å². The van der Waals surface area contributed by atoms with Gasteiger partial charge in [-0.2, -0.15) is 0 Å². The van der Waals surface area contributed by atoms with Gasteiger partial charge in [0.15, 0.2) is 0 Å². The first-order valence-corrected chi connectivity index (χ1v) is 5.84. The summed E-state index contributed by atoms with van der Waals surface area (Å²) in [6.07, 6.45) is 0.912. The fraction of sp³-hybridized carbons (Fsp3) is 0.778. The zero-order valence-electron chi connectivity index (χ0n) is 8.66. The molecule has 1 aromatic heterocycles. The Bertz CT molecular complexity index is 278. The Labute approximate surface area is 93.5 Å². The van der Waals surface area contributed by atoms with Gasteiger partial charge in [0.2, 0.25) is 0 Å². The number of aromatic nitrogens is 2. The predicted octanol–water partition coefficient (Wildman–Crippen LogP) is 2.66. The van der Waals surface area contributed by atoms with Crippen LogP contribution in [0.2, 0.25) is 0 Å². The van der Waals surface area contributed by atoms with E-state index in [-0.39, 0.29) is 5.38 Å². The third-order valence-corrected chi connectivity index (χ3v) is 3.26. The van der Waals surface area contributed by atoms with E-state index in [0.717, 1.165) is 23.0 Å². The van der Waals surface area contributed by atoms with E-state index in [1.807, 2.05) is 6.92 Å². The number of halogens is 1. The number of rotatable bonds is 5. The summed E-state index contributed by atoms with van der Waals surface area (Å²) in [6.45, 7) is 4.80. The fourth-order valence-electron chi connectivity index (χ4n) is 1.15. The van der Waals surface area contributed by atoms with Crippen LogP contribution in [0.4, 0.5) is 0 Å². The average Bonchev–Trinajstić information content (AvgIpc) is 2.53. The molecule has 0 amide bonds. The van der Waals surface area contributed by atoms with Crippen molar-refractivity contribution in [3.8, 4) is 0 Å². The summed E-state index contributed by atoms with van der Waals surface area (Å²) in [7, 11) is 1.71. The highest BCUT2D eigenvalue weighted by Gasteiger charge is 2.11. The summed E-state index contributed by atoms with van der Waals surface area (Å²) in [5.41, 5.74) is 0. The molecule has 5 heteroatoms. The molecule has 0 saturated carbocycles. The standard InChI is InChI=1S/C9H15ClN2OS/c1-6(5-13-3)4-8-11-12-9(14-8)7(2)10/h6-7H,4-5H2,1-3H3. The van der Waals surface area contributed by atoms with Gasteiger partial charge in [-0.1, -0.05) is 18.3 Å². The van der Waals surface area contributed by atoms with Gasteiger partial charge in [-0.25, -0.2) is 0 Å². The monoisotopic (exact) mass is 234 g/mol. The molecular formula is C9H15ClN2OS. The minimum Gasteiger partial charge on any atom is -0.384 e. The quantitative estimate of drug-likeness (QED) is 0.735. The lowest BCUT2D eigenvalue weighted by atomic mass is 10.1. The van der Waals surface area contributed by atoms with Crippen LogP contribution in [0.1, 0.15) is 29.2 Å². The second-order valence-corrected chi connectivity index (χ2v) is 5.16. The number of alkyl halides is 1. The number of methoxy groups -OCH3 is 1. The molecule has 0 spiro atoms. The first kappa shape index (κ1) is 11.9. The summed E-state index contributed by atoms with van der Waals surface area (Å²) >= 11 is 7.48. The molecular weight excluding hydrogens is 220 g/mol. The minimum atomic E-state index is -0.0426. The lowest BCUT2D eigenvalue weighted by molar-refractivity contribution is 0.159. The van der Waals surface area contributed by atoms with Gasteiger partial charge in [-0.15, -0.1) is 21.8 Å². The van der Waals surface area contributed by atoms with Crippen molar-refractivity contribution in [1.82, 2.24) is 10.2 Å². The van der Waals surface area contributed by atoms with E-state index < -0.39 is 0 Å². The van der Waals surface area contributed by atoms with Crippen molar-refractivity contribution in [3.63, 3.8) is 0 Å². The van der Waals surface area contributed by atoms with Crippen LogP contribution >= 0.6 is 22.9 Å². The molecule has 0 saturated heterocycles. The van der Waals surface area contributed by atoms with Crippen LogP contribution in [0, 0.1) is 5.92 Å². The van der Waals surface area contributed by atoms with Crippen LogP contribution in [-0.2, 0) is 11.2 Å². The first-order chi connectivity index (χ1) is 6.63. The molecule has 0 aliphatic rings.